The van der Waals surface area contributed by atoms with Crippen molar-refractivity contribution >= 4 is 64.8 Å². The second kappa shape index (κ2) is 7.99. The molecule has 3 fully saturated rings. The number of halogens is 1. The third-order valence-corrected chi connectivity index (χ3v) is 11.7. The van der Waals surface area contributed by atoms with Crippen molar-refractivity contribution in [3.8, 4) is 0 Å². The standard InChI is InChI=1S/C18H24N4O5S3.ClH/c19-18(9-1-2-10-27-18)21-17-20-15-8-3-12(11-16(15)28-17)22(29(23,24)13-4-5-13)30(25,26)14-6-7-14;/h3,8,11,13-14H,1-2,4-7,9-10,19H2,(H,20,21);1H. The van der Waals surface area contributed by atoms with Gasteiger partial charge in [0.2, 0.25) is 0 Å². The van der Waals surface area contributed by atoms with Crippen LogP contribution in [0.1, 0.15) is 44.9 Å². The molecule has 1 saturated heterocycles. The second-order valence-electron chi connectivity index (χ2n) is 8.18. The lowest BCUT2D eigenvalue weighted by molar-refractivity contribution is -0.0531. The van der Waals surface area contributed by atoms with Crippen molar-refractivity contribution in [3.05, 3.63) is 18.2 Å². The number of hydrogen-bond donors (Lipinski definition) is 2. The number of aromatic nitrogens is 1. The molecule has 2 aliphatic carbocycles. The van der Waals surface area contributed by atoms with Gasteiger partial charge in [-0.25, -0.2) is 21.8 Å². The Balaban J connectivity index is 0.00000231. The lowest BCUT2D eigenvalue weighted by atomic mass is 10.1. The van der Waals surface area contributed by atoms with E-state index in [4.69, 9.17) is 10.5 Å². The van der Waals surface area contributed by atoms with Crippen LogP contribution in [0.5, 0.6) is 0 Å². The first-order valence-corrected chi connectivity index (χ1v) is 13.9. The molecule has 2 saturated carbocycles. The number of anilines is 2. The van der Waals surface area contributed by atoms with E-state index >= 15 is 0 Å². The molecule has 13 heteroatoms. The summed E-state index contributed by atoms with van der Waals surface area (Å²) in [5.74, 6) is -0.981. The minimum absolute atomic E-state index is 0. The predicted molar refractivity (Wildman–Crippen MR) is 124 cm³/mol. The van der Waals surface area contributed by atoms with E-state index in [1.54, 1.807) is 12.1 Å². The van der Waals surface area contributed by atoms with Gasteiger partial charge in [0.25, 0.3) is 20.0 Å². The summed E-state index contributed by atoms with van der Waals surface area (Å²) in [5, 5.41) is 2.43. The number of benzene rings is 1. The summed E-state index contributed by atoms with van der Waals surface area (Å²) in [6.45, 7) is 0.575. The molecule has 1 aromatic heterocycles. The van der Waals surface area contributed by atoms with Crippen molar-refractivity contribution < 1.29 is 21.6 Å². The molecule has 1 aliphatic heterocycles. The van der Waals surface area contributed by atoms with E-state index in [9.17, 15) is 16.8 Å². The molecular formula is C18H25ClN4O5S3. The van der Waals surface area contributed by atoms with Gasteiger partial charge in [0, 0.05) is 6.42 Å². The first-order valence-electron chi connectivity index (χ1n) is 10.1. The Labute approximate surface area is 191 Å². The van der Waals surface area contributed by atoms with Gasteiger partial charge in [-0.15, -0.1) is 12.4 Å². The van der Waals surface area contributed by atoms with Gasteiger partial charge in [0.1, 0.15) is 0 Å². The minimum atomic E-state index is -3.96. The van der Waals surface area contributed by atoms with Crippen molar-refractivity contribution in [2.24, 2.45) is 5.73 Å². The van der Waals surface area contributed by atoms with Crippen LogP contribution < -0.4 is 14.8 Å². The lowest BCUT2D eigenvalue weighted by Crippen LogP contribution is -2.52. The summed E-state index contributed by atoms with van der Waals surface area (Å²) < 4.78 is 59.0. The van der Waals surface area contributed by atoms with E-state index in [-0.39, 0.29) is 18.1 Å². The van der Waals surface area contributed by atoms with Gasteiger partial charge in [-0.1, -0.05) is 11.3 Å². The Morgan fingerprint density at radius 3 is 2.29 bits per heavy atom. The van der Waals surface area contributed by atoms with Crippen LogP contribution in [0.25, 0.3) is 10.2 Å². The van der Waals surface area contributed by atoms with Gasteiger partial charge in [-0.3, -0.25) is 5.73 Å². The van der Waals surface area contributed by atoms with Crippen LogP contribution in [0.15, 0.2) is 18.2 Å². The van der Waals surface area contributed by atoms with Crippen LogP contribution in [-0.2, 0) is 24.8 Å². The Morgan fingerprint density at radius 2 is 1.74 bits per heavy atom. The van der Waals surface area contributed by atoms with Crippen molar-refractivity contribution in [2.45, 2.75) is 61.3 Å². The Bertz CT molecular complexity index is 1140. The van der Waals surface area contributed by atoms with Gasteiger partial charge in [-0.05, 0) is 56.7 Å². The van der Waals surface area contributed by atoms with Crippen molar-refractivity contribution in [1.82, 2.24) is 4.98 Å². The van der Waals surface area contributed by atoms with Crippen molar-refractivity contribution in [1.29, 1.82) is 0 Å². The second-order valence-corrected chi connectivity index (χ2v) is 13.6. The summed E-state index contributed by atoms with van der Waals surface area (Å²) >= 11 is 1.29. The number of sulfonamides is 2. The SMILES string of the molecule is Cl.NC1(Nc2nc3ccc(N(S(=O)(=O)C4CC4)S(=O)(=O)C4CC4)cc3s2)CCCCO1. The molecule has 5 rings (SSSR count). The number of thiazole rings is 1. The normalized spacial score (nSPS) is 24.5. The average Bonchev–Trinajstić information content (AvgIpc) is 3.56. The highest BCUT2D eigenvalue weighted by molar-refractivity contribution is 8.11. The first-order chi connectivity index (χ1) is 14.2. The molecule has 9 nitrogen and oxygen atoms in total. The van der Waals surface area contributed by atoms with Crippen LogP contribution in [0.3, 0.4) is 0 Å². The Hall–Kier alpha value is -1.18. The average molecular weight is 509 g/mol. The van der Waals surface area contributed by atoms with Crippen LogP contribution in [-0.4, -0.2) is 44.8 Å². The zero-order chi connectivity index (χ0) is 21.1. The van der Waals surface area contributed by atoms with E-state index in [1.165, 1.54) is 17.4 Å². The summed E-state index contributed by atoms with van der Waals surface area (Å²) in [7, 11) is -7.93. The zero-order valence-corrected chi connectivity index (χ0v) is 20.0. The highest BCUT2D eigenvalue weighted by Gasteiger charge is 2.50. The number of nitrogens with two attached hydrogens (primary N) is 1. The fourth-order valence-corrected chi connectivity index (χ4v) is 9.30. The molecule has 31 heavy (non-hydrogen) atoms. The maximum atomic E-state index is 13.0. The smallest absolute Gasteiger partial charge is 0.251 e. The largest absolute Gasteiger partial charge is 0.343 e. The summed E-state index contributed by atoms with van der Waals surface area (Å²) in [6, 6.07) is 4.75. The molecular weight excluding hydrogens is 484 g/mol. The maximum Gasteiger partial charge on any atom is 0.251 e. The van der Waals surface area contributed by atoms with Gasteiger partial charge >= 0.3 is 0 Å². The predicted octanol–water partition coefficient (Wildman–Crippen LogP) is 2.73. The van der Waals surface area contributed by atoms with Crippen molar-refractivity contribution in [3.63, 3.8) is 0 Å². The third-order valence-electron chi connectivity index (χ3n) is 5.56. The lowest BCUT2D eigenvalue weighted by Gasteiger charge is -2.33. The molecule has 1 unspecified atom stereocenters. The molecule has 3 aliphatic rings. The zero-order valence-electron chi connectivity index (χ0n) is 16.7. The minimum Gasteiger partial charge on any atom is -0.343 e. The Kier molecular flexibility index (Phi) is 5.93. The van der Waals surface area contributed by atoms with E-state index in [1.807, 2.05) is 0 Å². The molecule has 0 bridgehead atoms. The molecule has 172 valence electrons. The van der Waals surface area contributed by atoms with Crippen LogP contribution >= 0.6 is 23.7 Å². The third kappa shape index (κ3) is 4.38. The highest BCUT2D eigenvalue weighted by atomic mass is 35.5. The molecule has 1 aromatic carbocycles. The van der Waals surface area contributed by atoms with Crippen LogP contribution in [0.4, 0.5) is 10.8 Å². The van der Waals surface area contributed by atoms with Crippen LogP contribution in [0, 0.1) is 0 Å². The molecule has 0 radical (unpaired) electrons. The summed E-state index contributed by atoms with van der Waals surface area (Å²) in [5.41, 5.74) is 7.04. The fourth-order valence-electron chi connectivity index (χ4n) is 3.62. The molecule has 0 amide bonds. The Morgan fingerprint density at radius 1 is 1.10 bits per heavy atom. The van der Waals surface area contributed by atoms with Crippen molar-refractivity contribution in [2.75, 3.05) is 15.6 Å². The van der Waals surface area contributed by atoms with E-state index < -0.39 is 36.4 Å². The number of ether oxygens (including phenoxy) is 1. The molecule has 3 N–H and O–H groups in total. The molecule has 1 atom stereocenters. The van der Waals surface area contributed by atoms with E-state index in [0.717, 1.165) is 12.8 Å². The maximum absolute atomic E-state index is 13.0. The van der Waals surface area contributed by atoms with E-state index in [2.05, 4.69) is 10.3 Å². The van der Waals surface area contributed by atoms with Gasteiger partial charge in [0.15, 0.2) is 11.0 Å². The van der Waals surface area contributed by atoms with Crippen LogP contribution in [0.2, 0.25) is 0 Å². The monoisotopic (exact) mass is 508 g/mol. The van der Waals surface area contributed by atoms with E-state index in [0.29, 0.717) is 57.8 Å². The number of fused-ring (bicyclic) bond motifs is 1. The summed E-state index contributed by atoms with van der Waals surface area (Å²) in [4.78, 5) is 4.50. The molecule has 0 spiro atoms. The molecule has 2 aromatic rings. The highest BCUT2D eigenvalue weighted by Crippen LogP contribution is 2.42. The molecule has 2 heterocycles. The topological polar surface area (TPSA) is 132 Å². The van der Waals surface area contributed by atoms with Gasteiger partial charge in [0.05, 0.1) is 33.0 Å². The van der Waals surface area contributed by atoms with Gasteiger partial charge < -0.3 is 10.1 Å². The van der Waals surface area contributed by atoms with Gasteiger partial charge in [-0.2, -0.15) is 3.71 Å². The summed E-state index contributed by atoms with van der Waals surface area (Å²) in [6.07, 6.45) is 4.54. The number of rotatable bonds is 7. The number of nitrogens with one attached hydrogen (secondary N) is 1. The quantitative estimate of drug-likeness (QED) is 0.545. The number of hydrogen-bond acceptors (Lipinski definition) is 9. The number of nitrogens with zero attached hydrogens (tertiary/aromatic N) is 2. The fraction of sp³-hybridized carbons (Fsp3) is 0.611. The first kappa shape index (κ1) is 23.0.